The zero-order valence-corrected chi connectivity index (χ0v) is 14.5. The summed E-state index contributed by atoms with van der Waals surface area (Å²) >= 11 is 0. The van der Waals surface area contributed by atoms with E-state index in [9.17, 15) is 14.0 Å². The highest BCUT2D eigenvalue weighted by molar-refractivity contribution is 6.52. The lowest BCUT2D eigenvalue weighted by molar-refractivity contribution is -0.114. The van der Waals surface area contributed by atoms with Gasteiger partial charge in [0.15, 0.2) is 0 Å². The van der Waals surface area contributed by atoms with E-state index in [-0.39, 0.29) is 0 Å². The van der Waals surface area contributed by atoms with Crippen molar-refractivity contribution in [2.45, 2.75) is 19.3 Å². The number of Topliss-reactive ketones (excluding diaryl/α,β-unsaturated/α-hetero) is 1. The summed E-state index contributed by atoms with van der Waals surface area (Å²) in [7, 11) is 0. The second-order valence-corrected chi connectivity index (χ2v) is 7.12. The summed E-state index contributed by atoms with van der Waals surface area (Å²) in [5.74, 6) is -0.900. The van der Waals surface area contributed by atoms with Crippen molar-refractivity contribution in [1.29, 1.82) is 0 Å². The highest BCUT2D eigenvalue weighted by Gasteiger charge is 2.37. The van der Waals surface area contributed by atoms with Crippen molar-refractivity contribution in [2.75, 3.05) is 24.7 Å². The van der Waals surface area contributed by atoms with Gasteiger partial charge in [-0.15, -0.1) is 0 Å². The summed E-state index contributed by atoms with van der Waals surface area (Å²) in [4.78, 5) is 28.0. The summed E-state index contributed by atoms with van der Waals surface area (Å²) in [5, 5.41) is 0. The molecule has 1 fully saturated rings. The first-order valence-corrected chi connectivity index (χ1v) is 9.04. The van der Waals surface area contributed by atoms with E-state index >= 15 is 0 Å². The molecule has 0 atom stereocenters. The Hall–Kier alpha value is -2.53. The third-order valence-corrected chi connectivity index (χ3v) is 5.35. The van der Waals surface area contributed by atoms with Gasteiger partial charge in [-0.25, -0.2) is 4.39 Å². The van der Waals surface area contributed by atoms with Crippen molar-refractivity contribution in [3.05, 3.63) is 65.5 Å². The van der Waals surface area contributed by atoms with Gasteiger partial charge in [-0.1, -0.05) is 30.3 Å². The van der Waals surface area contributed by atoms with Gasteiger partial charge in [-0.05, 0) is 48.9 Å². The summed E-state index contributed by atoms with van der Waals surface area (Å²) in [6, 6.07) is 14.4. The summed E-state index contributed by atoms with van der Waals surface area (Å²) in [6.45, 7) is 2.10. The monoisotopic (exact) mass is 352 g/mol. The topological polar surface area (TPSA) is 40.6 Å². The average molecular weight is 352 g/mol. The van der Waals surface area contributed by atoms with Crippen molar-refractivity contribution in [1.82, 2.24) is 4.90 Å². The van der Waals surface area contributed by atoms with E-state index in [0.717, 1.165) is 32.4 Å². The highest BCUT2D eigenvalue weighted by Crippen LogP contribution is 2.30. The van der Waals surface area contributed by atoms with Gasteiger partial charge in [-0.2, -0.15) is 0 Å². The van der Waals surface area contributed by atoms with Crippen LogP contribution in [-0.4, -0.2) is 36.3 Å². The third kappa shape index (κ3) is 3.27. The minimum absolute atomic E-state index is 0.301. The Labute approximate surface area is 152 Å². The number of hydrogen-bond acceptors (Lipinski definition) is 3. The molecule has 1 amide bonds. The molecule has 0 aromatic heterocycles. The number of carbonyl (C=O) groups is 2. The maximum Gasteiger partial charge on any atom is 0.300 e. The summed E-state index contributed by atoms with van der Waals surface area (Å²) in [6.07, 6.45) is 3.19. The normalized spacial score (nSPS) is 18.4. The molecule has 26 heavy (non-hydrogen) atoms. The number of nitrogens with zero attached hydrogens (tertiary/aromatic N) is 2. The van der Waals surface area contributed by atoms with Crippen LogP contribution in [0.15, 0.2) is 48.5 Å². The molecule has 2 aliphatic rings. The maximum atomic E-state index is 13.6. The van der Waals surface area contributed by atoms with Crippen LogP contribution >= 0.6 is 0 Å². The quantitative estimate of drug-likeness (QED) is 0.793. The van der Waals surface area contributed by atoms with Gasteiger partial charge in [0.2, 0.25) is 0 Å². The first-order valence-electron chi connectivity index (χ1n) is 9.04. The van der Waals surface area contributed by atoms with Crippen molar-refractivity contribution < 1.29 is 14.0 Å². The molecule has 2 aromatic rings. The molecule has 4 nitrogen and oxygen atoms in total. The lowest BCUT2D eigenvalue weighted by Crippen LogP contribution is -2.44. The Bertz CT molecular complexity index is 829. The van der Waals surface area contributed by atoms with Crippen LogP contribution in [-0.2, 0) is 11.2 Å². The van der Waals surface area contributed by atoms with E-state index in [4.69, 9.17) is 0 Å². The van der Waals surface area contributed by atoms with Crippen LogP contribution in [0.25, 0.3) is 0 Å². The second kappa shape index (κ2) is 7.00. The molecule has 0 unspecified atom stereocenters. The Balaban J connectivity index is 1.38. The average Bonchev–Trinajstić information content (AvgIpc) is 2.88. The number of anilines is 1. The van der Waals surface area contributed by atoms with Gasteiger partial charge in [0.05, 0.1) is 17.9 Å². The number of hydrogen-bond donors (Lipinski definition) is 0. The van der Waals surface area contributed by atoms with Crippen LogP contribution in [0.1, 0.15) is 28.8 Å². The number of rotatable bonds is 4. The number of piperidine rings is 1. The fourth-order valence-corrected chi connectivity index (χ4v) is 3.89. The van der Waals surface area contributed by atoms with Gasteiger partial charge < -0.3 is 0 Å². The lowest BCUT2D eigenvalue weighted by Gasteiger charge is -2.34. The van der Waals surface area contributed by atoms with Crippen LogP contribution in [0.4, 0.5) is 10.1 Å². The second-order valence-electron chi connectivity index (χ2n) is 7.12. The fraction of sp³-hybridized carbons (Fsp3) is 0.333. The van der Waals surface area contributed by atoms with Crippen LogP contribution in [0, 0.1) is 11.7 Å². The minimum atomic E-state index is -0.558. The number of ketones is 1. The lowest BCUT2D eigenvalue weighted by atomic mass is 9.90. The molecule has 2 aliphatic heterocycles. The zero-order valence-electron chi connectivity index (χ0n) is 14.5. The van der Waals surface area contributed by atoms with E-state index in [1.165, 1.54) is 28.7 Å². The first kappa shape index (κ1) is 16.9. The van der Waals surface area contributed by atoms with Gasteiger partial charge in [0.1, 0.15) is 5.82 Å². The molecule has 2 heterocycles. The molecule has 0 aliphatic carbocycles. The molecule has 0 spiro atoms. The summed E-state index contributed by atoms with van der Waals surface area (Å²) in [5.41, 5.74) is 2.05. The number of fused-ring (bicyclic) bond motifs is 1. The molecule has 0 radical (unpaired) electrons. The van der Waals surface area contributed by atoms with Crippen molar-refractivity contribution in [3.8, 4) is 0 Å². The van der Waals surface area contributed by atoms with Crippen LogP contribution in [0.2, 0.25) is 0 Å². The maximum absolute atomic E-state index is 13.6. The number of carbonyl (C=O) groups excluding carboxylic acids is 2. The molecule has 5 heteroatoms. The molecule has 2 aromatic carbocycles. The molecule has 0 N–H and O–H groups in total. The number of amides is 1. The number of halogens is 1. The Morgan fingerprint density at radius 2 is 1.73 bits per heavy atom. The predicted octanol–water partition coefficient (Wildman–Crippen LogP) is 3.27. The Morgan fingerprint density at radius 3 is 2.46 bits per heavy atom. The largest absolute Gasteiger partial charge is 0.300 e. The predicted molar refractivity (Wildman–Crippen MR) is 97.5 cm³/mol. The smallest absolute Gasteiger partial charge is 0.291 e. The standard InChI is InChI=1S/C21H21FN2O2/c22-17-6-7-18-19(13-17)24(21(26)20(18)25)14-23-10-8-16(9-11-23)12-15-4-2-1-3-5-15/h1-7,13,16H,8-12,14H2. The first-order chi connectivity index (χ1) is 12.6. The van der Waals surface area contributed by atoms with E-state index in [1.807, 2.05) is 6.07 Å². The van der Waals surface area contributed by atoms with E-state index in [2.05, 4.69) is 29.2 Å². The van der Waals surface area contributed by atoms with Crippen molar-refractivity contribution in [2.24, 2.45) is 5.92 Å². The molecule has 134 valence electrons. The Kier molecular flexibility index (Phi) is 4.55. The molecule has 4 rings (SSSR count). The molecule has 1 saturated heterocycles. The van der Waals surface area contributed by atoms with E-state index < -0.39 is 17.5 Å². The van der Waals surface area contributed by atoms with Gasteiger partial charge >= 0.3 is 5.91 Å². The van der Waals surface area contributed by atoms with Crippen LogP contribution in [0.5, 0.6) is 0 Å². The van der Waals surface area contributed by atoms with E-state index in [0.29, 0.717) is 23.8 Å². The van der Waals surface area contributed by atoms with Gasteiger partial charge in [0, 0.05) is 13.1 Å². The zero-order chi connectivity index (χ0) is 18.1. The molecular weight excluding hydrogens is 331 g/mol. The Morgan fingerprint density at radius 1 is 1.00 bits per heavy atom. The van der Waals surface area contributed by atoms with E-state index in [1.54, 1.807) is 0 Å². The van der Waals surface area contributed by atoms with Crippen LogP contribution in [0.3, 0.4) is 0 Å². The minimum Gasteiger partial charge on any atom is -0.291 e. The van der Waals surface area contributed by atoms with Gasteiger partial charge in [-0.3, -0.25) is 19.4 Å². The van der Waals surface area contributed by atoms with Gasteiger partial charge in [0.25, 0.3) is 5.78 Å². The van der Waals surface area contributed by atoms with Crippen molar-refractivity contribution >= 4 is 17.4 Å². The van der Waals surface area contributed by atoms with Crippen LogP contribution < -0.4 is 4.90 Å². The SMILES string of the molecule is O=C1C(=O)N(CN2CCC(Cc3ccccc3)CC2)c2cc(F)ccc21. The summed E-state index contributed by atoms with van der Waals surface area (Å²) < 4.78 is 13.6. The fourth-order valence-electron chi connectivity index (χ4n) is 3.89. The highest BCUT2D eigenvalue weighted by atomic mass is 19.1. The third-order valence-electron chi connectivity index (χ3n) is 5.35. The molecule has 0 saturated carbocycles. The molecule has 0 bridgehead atoms. The molecular formula is C21H21FN2O2. The number of benzene rings is 2. The van der Waals surface area contributed by atoms with Crippen molar-refractivity contribution in [3.63, 3.8) is 0 Å². The number of likely N-dealkylation sites (tertiary alicyclic amines) is 1.